The molecule has 0 saturated carbocycles. The number of nitrogens with zero attached hydrogens (tertiary/aromatic N) is 2. The fraction of sp³-hybridized carbons (Fsp3) is 0.450. The van der Waals surface area contributed by atoms with Gasteiger partial charge in [-0.2, -0.15) is 0 Å². The average Bonchev–Trinajstić information content (AvgIpc) is 3.34. The fourth-order valence-corrected chi connectivity index (χ4v) is 3.85. The topological polar surface area (TPSA) is 45.9 Å². The molecular formula is C20H23ClN2O3. The highest BCUT2D eigenvalue weighted by Crippen LogP contribution is 2.29. The zero-order chi connectivity index (χ0) is 17.9. The number of benzene rings is 1. The highest BCUT2D eigenvalue weighted by atomic mass is 35.5. The second-order valence-electron chi connectivity index (χ2n) is 6.87. The number of carbonyl (C=O) groups excluding carboxylic acids is 1. The number of hydrogen-bond acceptors (Lipinski definition) is 4. The van der Waals surface area contributed by atoms with Crippen molar-refractivity contribution in [2.75, 3.05) is 39.3 Å². The lowest BCUT2D eigenvalue weighted by Crippen LogP contribution is -2.50. The van der Waals surface area contributed by atoms with Crippen LogP contribution in [0.1, 0.15) is 23.4 Å². The van der Waals surface area contributed by atoms with E-state index in [1.807, 2.05) is 35.2 Å². The van der Waals surface area contributed by atoms with Gasteiger partial charge in [0.1, 0.15) is 5.76 Å². The lowest BCUT2D eigenvalue weighted by molar-refractivity contribution is 0.0417. The average molecular weight is 375 g/mol. The molecule has 6 heteroatoms. The van der Waals surface area contributed by atoms with Gasteiger partial charge in [-0.25, -0.2) is 0 Å². The number of amides is 1. The molecule has 2 aliphatic heterocycles. The van der Waals surface area contributed by atoms with Crippen LogP contribution in [0.5, 0.6) is 0 Å². The van der Waals surface area contributed by atoms with Crippen molar-refractivity contribution >= 4 is 17.5 Å². The van der Waals surface area contributed by atoms with Crippen LogP contribution in [0.4, 0.5) is 0 Å². The highest BCUT2D eigenvalue weighted by molar-refractivity contribution is 6.33. The van der Waals surface area contributed by atoms with E-state index in [-0.39, 0.29) is 5.91 Å². The molecule has 26 heavy (non-hydrogen) atoms. The molecule has 5 nitrogen and oxygen atoms in total. The van der Waals surface area contributed by atoms with Crippen LogP contribution in [0.2, 0.25) is 5.02 Å². The Hall–Kier alpha value is -1.82. The molecule has 1 aromatic heterocycles. The van der Waals surface area contributed by atoms with Gasteiger partial charge >= 0.3 is 0 Å². The Morgan fingerprint density at radius 3 is 2.65 bits per heavy atom. The van der Waals surface area contributed by atoms with Crippen LogP contribution in [0, 0.1) is 0 Å². The minimum Gasteiger partial charge on any atom is -0.451 e. The summed E-state index contributed by atoms with van der Waals surface area (Å²) in [6, 6.07) is 11.0. The molecule has 0 N–H and O–H groups in total. The fourth-order valence-electron chi connectivity index (χ4n) is 3.62. The van der Waals surface area contributed by atoms with Gasteiger partial charge in [-0.15, -0.1) is 0 Å². The second-order valence-corrected chi connectivity index (χ2v) is 7.28. The number of furan rings is 1. The summed E-state index contributed by atoms with van der Waals surface area (Å²) in [7, 11) is 0. The van der Waals surface area contributed by atoms with E-state index in [2.05, 4.69) is 4.90 Å². The van der Waals surface area contributed by atoms with Crippen molar-refractivity contribution in [1.29, 1.82) is 0 Å². The summed E-state index contributed by atoms with van der Waals surface area (Å²) in [5.74, 6) is 0.934. The molecule has 1 atom stereocenters. The van der Waals surface area contributed by atoms with Gasteiger partial charge < -0.3 is 14.1 Å². The van der Waals surface area contributed by atoms with Crippen molar-refractivity contribution in [3.05, 3.63) is 47.2 Å². The highest BCUT2D eigenvalue weighted by Gasteiger charge is 2.27. The van der Waals surface area contributed by atoms with Crippen molar-refractivity contribution in [3.8, 4) is 11.3 Å². The zero-order valence-corrected chi connectivity index (χ0v) is 15.5. The number of carbonyl (C=O) groups is 1. The molecule has 138 valence electrons. The predicted octanol–water partition coefficient (Wildman–Crippen LogP) is 3.54. The normalized spacial score (nSPS) is 21.3. The first-order valence-corrected chi connectivity index (χ1v) is 9.56. The van der Waals surface area contributed by atoms with Gasteiger partial charge in [-0.05, 0) is 37.1 Å². The molecule has 0 spiro atoms. The third-order valence-corrected chi connectivity index (χ3v) is 5.43. The Balaban J connectivity index is 1.36. The first kappa shape index (κ1) is 17.6. The van der Waals surface area contributed by atoms with Gasteiger partial charge in [0.2, 0.25) is 0 Å². The maximum Gasteiger partial charge on any atom is 0.289 e. The lowest BCUT2D eigenvalue weighted by atomic mass is 10.2. The Labute approximate surface area is 158 Å². The second kappa shape index (κ2) is 7.82. The molecule has 2 aromatic rings. The molecule has 1 amide bonds. The minimum absolute atomic E-state index is 0.0555. The molecule has 2 fully saturated rings. The summed E-state index contributed by atoms with van der Waals surface area (Å²) in [4.78, 5) is 17.0. The van der Waals surface area contributed by atoms with Crippen molar-refractivity contribution in [2.45, 2.75) is 18.9 Å². The van der Waals surface area contributed by atoms with Gasteiger partial charge in [0.25, 0.3) is 5.91 Å². The van der Waals surface area contributed by atoms with Crippen molar-refractivity contribution < 1.29 is 13.9 Å². The number of halogens is 1. The monoisotopic (exact) mass is 374 g/mol. The summed E-state index contributed by atoms with van der Waals surface area (Å²) in [6.45, 7) is 5.05. The van der Waals surface area contributed by atoms with Crippen LogP contribution < -0.4 is 0 Å². The van der Waals surface area contributed by atoms with Crippen molar-refractivity contribution in [3.63, 3.8) is 0 Å². The van der Waals surface area contributed by atoms with Crippen molar-refractivity contribution in [1.82, 2.24) is 9.80 Å². The van der Waals surface area contributed by atoms with E-state index in [1.165, 1.54) is 0 Å². The molecule has 0 radical (unpaired) electrons. The molecule has 2 aliphatic rings. The first-order chi connectivity index (χ1) is 12.7. The summed E-state index contributed by atoms with van der Waals surface area (Å²) in [6.07, 6.45) is 2.67. The SMILES string of the molecule is O=C(c1ccc(-c2ccccc2Cl)o1)N1CCN(CC2CCCO2)CC1. The van der Waals surface area contributed by atoms with Gasteiger partial charge in [0.15, 0.2) is 5.76 Å². The first-order valence-electron chi connectivity index (χ1n) is 9.19. The Morgan fingerprint density at radius 1 is 1.12 bits per heavy atom. The van der Waals surface area contributed by atoms with E-state index in [9.17, 15) is 4.79 Å². The molecule has 2 saturated heterocycles. The van der Waals surface area contributed by atoms with Crippen LogP contribution in [-0.4, -0.2) is 61.1 Å². The van der Waals surface area contributed by atoms with Gasteiger partial charge in [-0.3, -0.25) is 9.69 Å². The largest absolute Gasteiger partial charge is 0.451 e. The number of ether oxygens (including phenoxy) is 1. The van der Waals surface area contributed by atoms with Gasteiger partial charge in [-0.1, -0.05) is 23.7 Å². The smallest absolute Gasteiger partial charge is 0.289 e. The summed E-state index contributed by atoms with van der Waals surface area (Å²) < 4.78 is 11.5. The molecule has 1 aromatic carbocycles. The predicted molar refractivity (Wildman–Crippen MR) is 100 cm³/mol. The van der Waals surface area contributed by atoms with Crippen molar-refractivity contribution in [2.24, 2.45) is 0 Å². The molecule has 4 rings (SSSR count). The van der Waals surface area contributed by atoms with E-state index in [4.69, 9.17) is 20.8 Å². The zero-order valence-electron chi connectivity index (χ0n) is 14.7. The molecule has 0 bridgehead atoms. The van der Waals surface area contributed by atoms with Crippen LogP contribution in [0.25, 0.3) is 11.3 Å². The third kappa shape index (κ3) is 3.80. The van der Waals surface area contributed by atoms with E-state index in [0.29, 0.717) is 35.7 Å². The minimum atomic E-state index is -0.0555. The number of hydrogen-bond donors (Lipinski definition) is 0. The standard InChI is InChI=1S/C20H23ClN2O3/c21-17-6-2-1-5-16(17)18-7-8-19(26-18)20(24)23-11-9-22(10-12-23)14-15-4-3-13-25-15/h1-2,5-8,15H,3-4,9-14H2. The maximum atomic E-state index is 12.7. The molecule has 3 heterocycles. The van der Waals surface area contributed by atoms with Crippen LogP contribution in [0.15, 0.2) is 40.8 Å². The summed E-state index contributed by atoms with van der Waals surface area (Å²) in [5, 5.41) is 0.614. The molecular weight excluding hydrogens is 352 g/mol. The molecule has 1 unspecified atom stereocenters. The van der Waals surface area contributed by atoms with Gasteiger partial charge in [0, 0.05) is 44.9 Å². The van der Waals surface area contributed by atoms with E-state index in [0.717, 1.165) is 44.6 Å². The summed E-state index contributed by atoms with van der Waals surface area (Å²) in [5.41, 5.74) is 0.801. The molecule has 0 aliphatic carbocycles. The van der Waals surface area contributed by atoms with E-state index < -0.39 is 0 Å². The van der Waals surface area contributed by atoms with Crippen LogP contribution in [0.3, 0.4) is 0 Å². The van der Waals surface area contributed by atoms with Gasteiger partial charge in [0.05, 0.1) is 11.1 Å². The van der Waals surface area contributed by atoms with Crippen LogP contribution in [-0.2, 0) is 4.74 Å². The van der Waals surface area contributed by atoms with E-state index in [1.54, 1.807) is 6.07 Å². The van der Waals surface area contributed by atoms with Crippen LogP contribution >= 0.6 is 11.6 Å². The Bertz CT molecular complexity index is 762. The number of piperazine rings is 1. The Morgan fingerprint density at radius 2 is 1.92 bits per heavy atom. The quantitative estimate of drug-likeness (QED) is 0.821. The lowest BCUT2D eigenvalue weighted by Gasteiger charge is -2.35. The summed E-state index contributed by atoms with van der Waals surface area (Å²) >= 11 is 6.21. The van der Waals surface area contributed by atoms with E-state index >= 15 is 0 Å². The third-order valence-electron chi connectivity index (χ3n) is 5.10. The Kier molecular flexibility index (Phi) is 5.29. The maximum absolute atomic E-state index is 12.7. The number of rotatable bonds is 4.